The van der Waals surface area contributed by atoms with Crippen molar-refractivity contribution in [2.24, 2.45) is 5.92 Å². The minimum absolute atomic E-state index is 0.986. The average Bonchev–Trinajstić information content (AvgIpc) is 2.22. The molecule has 7 heavy (non-hydrogen) atoms. The van der Waals surface area contributed by atoms with Crippen LogP contribution in [0.2, 0.25) is 0 Å². The van der Waals surface area contributed by atoms with Crippen LogP contribution < -0.4 is 0 Å². The van der Waals surface area contributed by atoms with E-state index in [1.54, 1.807) is 5.92 Å². The maximum atomic E-state index is 2.31. The Bertz CT molecular complexity index is 57.1. The van der Waals surface area contributed by atoms with Gasteiger partial charge in [0.05, 0.1) is 6.42 Å². The lowest BCUT2D eigenvalue weighted by atomic mass is 10.2. The molecule has 0 amide bonds. The zero-order valence-electron chi connectivity index (χ0n) is 5.20. The predicted octanol–water partition coefficient (Wildman–Crippen LogP) is 2.40. The summed E-state index contributed by atoms with van der Waals surface area (Å²) in [4.78, 5) is 0. The topological polar surface area (TPSA) is 0 Å². The van der Waals surface area contributed by atoms with Gasteiger partial charge in [-0.15, -0.1) is 0 Å². The molecule has 0 nitrogen and oxygen atoms in total. The second-order valence-corrected chi connectivity index (χ2v) is 2.51. The summed E-state index contributed by atoms with van der Waals surface area (Å²) < 4.78 is 0. The summed E-state index contributed by atoms with van der Waals surface area (Å²) in [5.41, 5.74) is 0. The van der Waals surface area contributed by atoms with Crippen LogP contribution in [0.4, 0.5) is 0 Å². The Hall–Kier alpha value is -0.130. The fourth-order valence-corrected chi connectivity index (χ4v) is 1.00. The van der Waals surface area contributed by atoms with Crippen LogP contribution in [0.15, 0.2) is 0 Å². The van der Waals surface area contributed by atoms with Crippen LogP contribution in [0.25, 0.3) is 0 Å². The monoisotopic (exact) mass is 97.1 g/mol. The second kappa shape index (κ2) is 1.77. The summed E-state index contributed by atoms with van der Waals surface area (Å²) in [5, 5.41) is 0. The van der Waals surface area contributed by atoms with Gasteiger partial charge in [0.1, 0.15) is 18.3 Å². The van der Waals surface area contributed by atoms with Gasteiger partial charge >= 0.3 is 0 Å². The molecule has 0 bridgehead atoms. The largest absolute Gasteiger partial charge is 0.138 e. The molecule has 0 aromatic heterocycles. The van der Waals surface area contributed by atoms with Gasteiger partial charge in [-0.05, 0) is 13.3 Å². The minimum atomic E-state index is 0.986. The molecule has 1 saturated carbocycles. The van der Waals surface area contributed by atoms with Gasteiger partial charge in [0.25, 0.3) is 0 Å². The summed E-state index contributed by atoms with van der Waals surface area (Å²) in [7, 11) is 0. The first kappa shape index (κ1) is 5.02. The lowest BCUT2D eigenvalue weighted by Gasteiger charge is -1.75. The molecule has 0 aromatic rings. The van der Waals surface area contributed by atoms with E-state index in [1.807, 2.05) is 0 Å². The van der Waals surface area contributed by atoms with Crippen molar-refractivity contribution in [2.45, 2.75) is 33.1 Å². The summed E-state index contributed by atoms with van der Waals surface area (Å²) in [6.07, 6.45) is 4.16. The Morgan fingerprint density at radius 2 is 2.29 bits per heavy atom. The average molecular weight is 97.2 g/mol. The molecule has 1 aliphatic carbocycles. The van der Waals surface area contributed by atoms with E-state index in [-0.39, 0.29) is 0 Å². The maximum absolute atomic E-state index is 2.31. The van der Waals surface area contributed by atoms with Gasteiger partial charge in [0.15, 0.2) is 0 Å². The van der Waals surface area contributed by atoms with Crippen molar-refractivity contribution in [1.29, 1.82) is 0 Å². The molecule has 1 fully saturated rings. The molecule has 0 heteroatoms. The van der Waals surface area contributed by atoms with E-state index in [4.69, 9.17) is 0 Å². The van der Waals surface area contributed by atoms with E-state index >= 15 is 0 Å². The van der Waals surface area contributed by atoms with Crippen LogP contribution >= 0.6 is 0 Å². The Morgan fingerprint density at radius 3 is 2.43 bits per heavy atom. The van der Waals surface area contributed by atoms with Crippen LogP contribution in [0.5, 0.6) is 0 Å². The van der Waals surface area contributed by atoms with Crippen LogP contribution in [0.3, 0.4) is 0 Å². The highest BCUT2D eigenvalue weighted by Gasteiger charge is 2.45. The highest BCUT2D eigenvalue weighted by molar-refractivity contribution is 5.10. The van der Waals surface area contributed by atoms with Crippen LogP contribution in [-0.4, -0.2) is 0 Å². The van der Waals surface area contributed by atoms with Crippen molar-refractivity contribution in [3.63, 3.8) is 0 Å². The lowest BCUT2D eigenvalue weighted by molar-refractivity contribution is 0.842. The predicted molar refractivity (Wildman–Crippen MR) is 31.9 cm³/mol. The number of hydrogen-bond acceptors (Lipinski definition) is 0. The molecule has 40 valence electrons. The van der Waals surface area contributed by atoms with Gasteiger partial charge in [-0.1, -0.05) is 6.92 Å². The first-order valence-electron chi connectivity index (χ1n) is 3.19. The molecular weight excluding hydrogens is 84.1 g/mol. The second-order valence-electron chi connectivity index (χ2n) is 2.51. The minimum Gasteiger partial charge on any atom is -0.0613 e. The first-order chi connectivity index (χ1) is 3.34. The fourth-order valence-electron chi connectivity index (χ4n) is 1.00. The van der Waals surface area contributed by atoms with Crippen molar-refractivity contribution in [2.75, 3.05) is 0 Å². The smallest absolute Gasteiger partial charge is 0.0613 e. The van der Waals surface area contributed by atoms with Crippen LogP contribution in [0.1, 0.15) is 33.1 Å². The molecule has 1 rings (SSSR count). The Morgan fingerprint density at radius 1 is 1.71 bits per heavy atom. The number of hydrogen-bond donors (Lipinski definition) is 0. The molecule has 0 radical (unpaired) electrons. The summed E-state index contributed by atoms with van der Waals surface area (Å²) in [6.45, 7) is 4.56. The highest BCUT2D eigenvalue weighted by Crippen LogP contribution is 2.43. The maximum Gasteiger partial charge on any atom is 0.138 e. The Kier molecular flexibility index (Phi) is 1.27. The third-order valence-corrected chi connectivity index (χ3v) is 1.68. The Balaban J connectivity index is 1.98. The molecule has 0 aliphatic heterocycles. The molecular formula is C7H13+. The molecule has 1 atom stereocenters. The highest BCUT2D eigenvalue weighted by atomic mass is 14.4. The zero-order chi connectivity index (χ0) is 5.28. The van der Waals surface area contributed by atoms with Gasteiger partial charge in [0, 0.05) is 0 Å². The van der Waals surface area contributed by atoms with Crippen molar-refractivity contribution < 1.29 is 0 Å². The van der Waals surface area contributed by atoms with Gasteiger partial charge in [0.2, 0.25) is 0 Å². The third kappa shape index (κ3) is 1.12. The molecule has 1 aliphatic rings. The molecule has 0 heterocycles. The SMILES string of the molecule is CCC[C+]1CC1C. The Labute approximate surface area is 45.9 Å². The van der Waals surface area contributed by atoms with Gasteiger partial charge in [-0.2, -0.15) is 0 Å². The van der Waals surface area contributed by atoms with Gasteiger partial charge in [-0.25, -0.2) is 0 Å². The number of rotatable bonds is 2. The molecule has 0 aromatic carbocycles. The van der Waals surface area contributed by atoms with Gasteiger partial charge in [-0.3, -0.25) is 0 Å². The first-order valence-corrected chi connectivity index (χ1v) is 3.19. The van der Waals surface area contributed by atoms with E-state index in [0.717, 1.165) is 5.92 Å². The van der Waals surface area contributed by atoms with Crippen LogP contribution in [0, 0.1) is 11.8 Å². The van der Waals surface area contributed by atoms with Crippen molar-refractivity contribution in [3.05, 3.63) is 5.92 Å². The van der Waals surface area contributed by atoms with E-state index in [9.17, 15) is 0 Å². The van der Waals surface area contributed by atoms with E-state index in [2.05, 4.69) is 13.8 Å². The van der Waals surface area contributed by atoms with Crippen LogP contribution in [-0.2, 0) is 0 Å². The lowest BCUT2D eigenvalue weighted by Crippen LogP contribution is -1.71. The van der Waals surface area contributed by atoms with E-state index in [1.165, 1.54) is 19.3 Å². The molecule has 0 saturated heterocycles. The van der Waals surface area contributed by atoms with E-state index < -0.39 is 0 Å². The normalized spacial score (nSPS) is 28.3. The van der Waals surface area contributed by atoms with Crippen molar-refractivity contribution >= 4 is 0 Å². The molecule has 0 N–H and O–H groups in total. The summed E-state index contributed by atoms with van der Waals surface area (Å²) >= 11 is 0. The molecule has 1 unspecified atom stereocenters. The van der Waals surface area contributed by atoms with Crippen molar-refractivity contribution in [3.8, 4) is 0 Å². The standard InChI is InChI=1S/C7H13/c1-3-4-7-5-6(7)2/h6H,3-5H2,1-2H3/q+1. The van der Waals surface area contributed by atoms with Crippen molar-refractivity contribution in [1.82, 2.24) is 0 Å². The zero-order valence-corrected chi connectivity index (χ0v) is 5.20. The summed E-state index contributed by atoms with van der Waals surface area (Å²) in [6, 6.07) is 0. The van der Waals surface area contributed by atoms with E-state index in [0.29, 0.717) is 0 Å². The van der Waals surface area contributed by atoms with Gasteiger partial charge < -0.3 is 0 Å². The molecule has 0 spiro atoms. The quantitative estimate of drug-likeness (QED) is 0.464. The third-order valence-electron chi connectivity index (χ3n) is 1.68. The fraction of sp³-hybridized carbons (Fsp3) is 0.857. The summed E-state index contributed by atoms with van der Waals surface area (Å²) in [5.74, 6) is 2.78.